The number of fused-ring (bicyclic) bond motifs is 2. The summed E-state index contributed by atoms with van der Waals surface area (Å²) in [5.74, 6) is 0.648. The van der Waals surface area contributed by atoms with Gasteiger partial charge in [0.2, 0.25) is 0 Å². The monoisotopic (exact) mass is 408 g/mol. The lowest BCUT2D eigenvalue weighted by molar-refractivity contribution is -0.142. The van der Waals surface area contributed by atoms with Crippen molar-refractivity contribution in [3.05, 3.63) is 58.3 Å². The molecular weight excluding hydrogens is 388 g/mol. The number of hydrogen-bond acceptors (Lipinski definition) is 4. The van der Waals surface area contributed by atoms with Crippen molar-refractivity contribution in [2.24, 2.45) is 5.92 Å². The second kappa shape index (κ2) is 6.88. The maximum absolute atomic E-state index is 11.3. The molecule has 3 N–H and O–H groups in total. The van der Waals surface area contributed by atoms with Gasteiger partial charge in [-0.25, -0.2) is 9.97 Å². The van der Waals surface area contributed by atoms with Gasteiger partial charge in [0.05, 0.1) is 11.6 Å². The quantitative estimate of drug-likeness (QED) is 0.669. The Morgan fingerprint density at radius 1 is 1.24 bits per heavy atom. The molecule has 0 radical (unpaired) electrons. The fourth-order valence-corrected chi connectivity index (χ4v) is 4.92. The largest absolute Gasteiger partial charge is 0.481 e. The van der Waals surface area contributed by atoms with Gasteiger partial charge >= 0.3 is 5.97 Å². The van der Waals surface area contributed by atoms with E-state index in [1.165, 1.54) is 0 Å². The number of carboxylic acids is 1. The number of halogens is 1. The molecule has 6 nitrogen and oxygen atoms in total. The number of hydrogen-bond donors (Lipinski definition) is 2. The summed E-state index contributed by atoms with van der Waals surface area (Å²) in [6.45, 7) is 0. The molecule has 0 bridgehead atoms. The van der Waals surface area contributed by atoms with Crippen LogP contribution in [-0.2, 0) is 11.2 Å². The first kappa shape index (κ1) is 18.2. The van der Waals surface area contributed by atoms with E-state index in [0.717, 1.165) is 51.6 Å². The Balaban J connectivity index is 1.57. The third kappa shape index (κ3) is 2.99. The van der Waals surface area contributed by atoms with Crippen molar-refractivity contribution in [3.63, 3.8) is 0 Å². The smallest absolute Gasteiger partial charge is 0.306 e. The van der Waals surface area contributed by atoms with Gasteiger partial charge in [0.1, 0.15) is 17.2 Å². The van der Waals surface area contributed by atoms with Gasteiger partial charge in [-0.15, -0.1) is 0 Å². The summed E-state index contributed by atoms with van der Waals surface area (Å²) in [5.41, 5.74) is 11.2. The van der Waals surface area contributed by atoms with Crippen LogP contribution in [0.4, 0.5) is 5.82 Å². The molecule has 2 aliphatic rings. The van der Waals surface area contributed by atoms with Gasteiger partial charge in [0.15, 0.2) is 0 Å². The van der Waals surface area contributed by atoms with Gasteiger partial charge in [0.25, 0.3) is 0 Å². The number of nitrogens with two attached hydrogens (primary N) is 1. The molecule has 0 saturated heterocycles. The number of benzene rings is 1. The maximum atomic E-state index is 11.3. The molecule has 5 rings (SSSR count). The molecule has 2 aliphatic carbocycles. The van der Waals surface area contributed by atoms with Crippen LogP contribution in [0, 0.1) is 5.92 Å². The van der Waals surface area contributed by atoms with Crippen molar-refractivity contribution in [3.8, 4) is 0 Å². The van der Waals surface area contributed by atoms with Gasteiger partial charge in [-0.2, -0.15) is 0 Å². The van der Waals surface area contributed by atoms with Gasteiger partial charge < -0.3 is 10.8 Å². The SMILES string of the molecule is Nc1nccn2c(C3CCC(C(=O)O)CC3)nc(C3=Cc4cccc(Cl)c4C3)c12. The lowest BCUT2D eigenvalue weighted by atomic mass is 9.81. The molecule has 0 amide bonds. The number of nitrogens with zero attached hydrogens (tertiary/aromatic N) is 3. The van der Waals surface area contributed by atoms with Crippen molar-refractivity contribution in [2.75, 3.05) is 5.73 Å². The second-order valence-electron chi connectivity index (χ2n) is 7.89. The fourth-order valence-electron chi connectivity index (χ4n) is 4.68. The van der Waals surface area contributed by atoms with E-state index in [-0.39, 0.29) is 11.8 Å². The van der Waals surface area contributed by atoms with Crippen molar-refractivity contribution < 1.29 is 9.90 Å². The predicted octanol–water partition coefficient (Wildman–Crippen LogP) is 4.42. The summed E-state index contributed by atoms with van der Waals surface area (Å²) >= 11 is 6.39. The topological polar surface area (TPSA) is 93.5 Å². The third-order valence-corrected chi connectivity index (χ3v) is 6.56. The number of rotatable bonds is 3. The molecule has 3 aromatic rings. The number of aromatic nitrogens is 3. The van der Waals surface area contributed by atoms with Crippen LogP contribution >= 0.6 is 11.6 Å². The van der Waals surface area contributed by atoms with Crippen molar-refractivity contribution in [1.82, 2.24) is 14.4 Å². The van der Waals surface area contributed by atoms with Crippen LogP contribution in [0.5, 0.6) is 0 Å². The molecule has 148 valence electrons. The molecule has 1 aromatic carbocycles. The van der Waals surface area contributed by atoms with Gasteiger partial charge in [-0.1, -0.05) is 23.7 Å². The standard InChI is InChI=1S/C22H21ClN4O2/c23-17-3-1-2-14-10-15(11-16(14)17)18-19-20(24)25-8-9-27(19)21(26-18)12-4-6-13(7-5-12)22(28)29/h1-3,8-10,12-13H,4-7,11H2,(H2,24,25)(H,28,29). The highest BCUT2D eigenvalue weighted by Gasteiger charge is 2.31. The molecule has 2 heterocycles. The van der Waals surface area contributed by atoms with E-state index in [0.29, 0.717) is 25.1 Å². The van der Waals surface area contributed by atoms with Crippen LogP contribution in [0.2, 0.25) is 5.02 Å². The highest BCUT2D eigenvalue weighted by atomic mass is 35.5. The Kier molecular flexibility index (Phi) is 4.32. The lowest BCUT2D eigenvalue weighted by Crippen LogP contribution is -2.21. The summed E-state index contributed by atoms with van der Waals surface area (Å²) in [6, 6.07) is 5.92. The Morgan fingerprint density at radius 3 is 2.76 bits per heavy atom. The summed E-state index contributed by atoms with van der Waals surface area (Å²) in [7, 11) is 0. The lowest BCUT2D eigenvalue weighted by Gasteiger charge is -2.25. The Bertz CT molecular complexity index is 1160. The third-order valence-electron chi connectivity index (χ3n) is 6.21. The summed E-state index contributed by atoms with van der Waals surface area (Å²) in [5, 5.41) is 10.1. The van der Waals surface area contributed by atoms with E-state index in [2.05, 4.69) is 17.1 Å². The number of anilines is 1. The van der Waals surface area contributed by atoms with Crippen molar-refractivity contribution in [1.29, 1.82) is 0 Å². The summed E-state index contributed by atoms with van der Waals surface area (Å²) in [4.78, 5) is 20.6. The van der Waals surface area contributed by atoms with Gasteiger partial charge in [0, 0.05) is 29.8 Å². The molecule has 1 saturated carbocycles. The van der Waals surface area contributed by atoms with Gasteiger partial charge in [-0.3, -0.25) is 9.20 Å². The van der Waals surface area contributed by atoms with Crippen LogP contribution in [-0.4, -0.2) is 25.4 Å². The Hall–Kier alpha value is -2.86. The van der Waals surface area contributed by atoms with E-state index >= 15 is 0 Å². The van der Waals surface area contributed by atoms with E-state index in [4.69, 9.17) is 22.3 Å². The number of imidazole rings is 1. The fraction of sp³-hybridized carbons (Fsp3) is 0.318. The molecule has 29 heavy (non-hydrogen) atoms. The van der Waals surface area contributed by atoms with E-state index < -0.39 is 5.97 Å². The highest BCUT2D eigenvalue weighted by Crippen LogP contribution is 2.41. The second-order valence-corrected chi connectivity index (χ2v) is 8.30. The molecule has 7 heteroatoms. The summed E-state index contributed by atoms with van der Waals surface area (Å²) < 4.78 is 2.04. The zero-order chi connectivity index (χ0) is 20.1. The summed E-state index contributed by atoms with van der Waals surface area (Å²) in [6.07, 6.45) is 9.39. The van der Waals surface area contributed by atoms with Crippen LogP contribution in [0.15, 0.2) is 30.6 Å². The highest BCUT2D eigenvalue weighted by molar-refractivity contribution is 6.32. The van der Waals surface area contributed by atoms with Crippen molar-refractivity contribution >= 4 is 40.6 Å². The average Bonchev–Trinajstić information content (AvgIpc) is 3.31. The number of allylic oxidation sites excluding steroid dienone is 1. The van der Waals surface area contributed by atoms with E-state index in [9.17, 15) is 9.90 Å². The van der Waals surface area contributed by atoms with Gasteiger partial charge in [-0.05, 0) is 54.5 Å². The molecule has 2 aromatic heterocycles. The zero-order valence-electron chi connectivity index (χ0n) is 15.8. The predicted molar refractivity (Wildman–Crippen MR) is 113 cm³/mol. The minimum Gasteiger partial charge on any atom is -0.481 e. The van der Waals surface area contributed by atoms with Crippen LogP contribution < -0.4 is 5.73 Å². The first-order chi connectivity index (χ1) is 14.0. The minimum absolute atomic E-state index is 0.210. The molecule has 0 unspecified atom stereocenters. The Labute approximate surface area is 173 Å². The normalized spacial score (nSPS) is 21.2. The number of carbonyl (C=O) groups is 1. The van der Waals surface area contributed by atoms with Crippen molar-refractivity contribution in [2.45, 2.75) is 38.0 Å². The van der Waals surface area contributed by atoms with E-state index in [1.54, 1.807) is 6.20 Å². The number of nitrogen functional groups attached to an aromatic ring is 1. The molecule has 0 atom stereocenters. The number of aliphatic carboxylic acids is 1. The first-order valence-electron chi connectivity index (χ1n) is 9.86. The van der Waals surface area contributed by atoms with E-state index in [1.807, 2.05) is 22.7 Å². The average molecular weight is 409 g/mol. The number of carboxylic acid groups (broad SMARTS) is 1. The molecule has 1 fully saturated rings. The van der Waals surface area contributed by atoms with Crippen LogP contribution in [0.1, 0.15) is 54.2 Å². The Morgan fingerprint density at radius 2 is 2.03 bits per heavy atom. The maximum Gasteiger partial charge on any atom is 0.306 e. The van der Waals surface area contributed by atoms with Crippen LogP contribution in [0.25, 0.3) is 17.2 Å². The minimum atomic E-state index is -0.698. The molecule has 0 aliphatic heterocycles. The van der Waals surface area contributed by atoms with Crippen LogP contribution in [0.3, 0.4) is 0 Å². The first-order valence-corrected chi connectivity index (χ1v) is 10.2. The molecule has 0 spiro atoms. The molecular formula is C22H21ClN4O2. The zero-order valence-corrected chi connectivity index (χ0v) is 16.6.